The first kappa shape index (κ1) is 15.1. The van der Waals surface area contributed by atoms with Crippen molar-refractivity contribution in [2.24, 2.45) is 0 Å². The minimum Gasteiger partial charge on any atom is -0.469 e. The van der Waals surface area contributed by atoms with Crippen LogP contribution in [0.3, 0.4) is 0 Å². The first-order valence-electron chi connectivity index (χ1n) is 6.00. The topological polar surface area (TPSA) is 44.1 Å². The van der Waals surface area contributed by atoms with Crippen LogP contribution < -0.4 is 0 Å². The highest BCUT2D eigenvalue weighted by molar-refractivity contribution is 6.31. The minimum atomic E-state index is -0.535. The van der Waals surface area contributed by atoms with E-state index in [9.17, 15) is 9.18 Å². The molecule has 0 bridgehead atoms. The van der Waals surface area contributed by atoms with Gasteiger partial charge < -0.3 is 9.30 Å². The summed E-state index contributed by atoms with van der Waals surface area (Å²) in [6.07, 6.45) is 0.156. The molecule has 1 atom stereocenters. The fourth-order valence-corrected chi connectivity index (χ4v) is 2.31. The van der Waals surface area contributed by atoms with Crippen molar-refractivity contribution in [1.82, 2.24) is 9.55 Å². The van der Waals surface area contributed by atoms with E-state index in [4.69, 9.17) is 23.2 Å². The molecule has 2 aromatic rings. The average molecular weight is 319 g/mol. The summed E-state index contributed by atoms with van der Waals surface area (Å²) in [6.45, 7) is 2.08. The van der Waals surface area contributed by atoms with Crippen LogP contribution in [0.2, 0.25) is 5.02 Å². The second-order valence-corrected chi connectivity index (χ2v) is 5.38. The van der Waals surface area contributed by atoms with E-state index in [0.29, 0.717) is 23.4 Å². The lowest BCUT2D eigenvalue weighted by Gasteiger charge is -2.09. The van der Waals surface area contributed by atoms with E-state index in [2.05, 4.69) is 9.72 Å². The summed E-state index contributed by atoms with van der Waals surface area (Å²) in [7, 11) is 1.32. The van der Waals surface area contributed by atoms with Crippen LogP contribution in [0.15, 0.2) is 12.1 Å². The molecule has 0 spiro atoms. The predicted octanol–water partition coefficient (Wildman–Crippen LogP) is 3.69. The third-order valence-electron chi connectivity index (χ3n) is 2.94. The number of benzene rings is 1. The molecule has 0 amide bonds. The Hall–Kier alpha value is -1.33. The van der Waals surface area contributed by atoms with E-state index >= 15 is 0 Å². The van der Waals surface area contributed by atoms with E-state index in [1.165, 1.54) is 19.2 Å². The van der Waals surface area contributed by atoms with Crippen molar-refractivity contribution in [1.29, 1.82) is 0 Å². The van der Waals surface area contributed by atoms with Gasteiger partial charge in [0.1, 0.15) is 11.6 Å². The lowest BCUT2D eigenvalue weighted by Crippen LogP contribution is -2.10. The van der Waals surface area contributed by atoms with E-state index in [1.807, 2.05) is 0 Å². The standard InChI is InChI=1S/C13H13Cl2FN2O2/c1-7(14)13-17-10-5-8(15)9(16)6-11(10)18(13)4-3-12(19)20-2/h5-7H,3-4H2,1-2H3. The molecular formula is C13H13Cl2FN2O2. The van der Waals surface area contributed by atoms with Crippen molar-refractivity contribution in [3.05, 3.63) is 28.8 Å². The molecule has 0 radical (unpaired) electrons. The molecule has 2 rings (SSSR count). The number of hydrogen-bond acceptors (Lipinski definition) is 3. The maximum absolute atomic E-state index is 13.6. The molecule has 0 aliphatic carbocycles. The number of methoxy groups -OCH3 is 1. The summed E-state index contributed by atoms with van der Waals surface area (Å²) in [4.78, 5) is 15.6. The number of fused-ring (bicyclic) bond motifs is 1. The first-order chi connectivity index (χ1) is 9.43. The van der Waals surface area contributed by atoms with Crippen molar-refractivity contribution < 1.29 is 13.9 Å². The molecular weight excluding hydrogens is 306 g/mol. The van der Waals surface area contributed by atoms with Crippen LogP contribution in [0.4, 0.5) is 4.39 Å². The molecule has 0 saturated carbocycles. The number of aryl methyl sites for hydroxylation is 1. The van der Waals surface area contributed by atoms with Gasteiger partial charge in [-0.2, -0.15) is 0 Å². The second kappa shape index (κ2) is 5.97. The van der Waals surface area contributed by atoms with Crippen molar-refractivity contribution in [2.75, 3.05) is 7.11 Å². The lowest BCUT2D eigenvalue weighted by molar-refractivity contribution is -0.140. The molecule has 1 heterocycles. The molecule has 0 aliphatic heterocycles. The molecule has 4 nitrogen and oxygen atoms in total. The first-order valence-corrected chi connectivity index (χ1v) is 6.81. The van der Waals surface area contributed by atoms with E-state index in [1.54, 1.807) is 11.5 Å². The molecule has 108 valence electrons. The van der Waals surface area contributed by atoms with Crippen molar-refractivity contribution >= 4 is 40.2 Å². The molecule has 7 heteroatoms. The monoisotopic (exact) mass is 318 g/mol. The Balaban J connectivity index is 2.50. The smallest absolute Gasteiger partial charge is 0.307 e. The maximum Gasteiger partial charge on any atom is 0.307 e. The molecule has 20 heavy (non-hydrogen) atoms. The van der Waals surface area contributed by atoms with E-state index < -0.39 is 5.82 Å². The highest BCUT2D eigenvalue weighted by Gasteiger charge is 2.17. The number of carbonyl (C=O) groups is 1. The molecule has 1 aromatic carbocycles. The Labute approximate surface area is 125 Å². The number of hydrogen-bond donors (Lipinski definition) is 0. The molecule has 1 aromatic heterocycles. The number of halogens is 3. The number of alkyl halides is 1. The molecule has 0 N–H and O–H groups in total. The number of carbonyl (C=O) groups excluding carboxylic acids is 1. The number of rotatable bonds is 4. The van der Waals surface area contributed by atoms with E-state index in [-0.39, 0.29) is 22.8 Å². The van der Waals surface area contributed by atoms with Crippen molar-refractivity contribution in [3.63, 3.8) is 0 Å². The van der Waals surface area contributed by atoms with Gasteiger partial charge in [-0.05, 0) is 13.0 Å². The number of nitrogens with zero attached hydrogens (tertiary/aromatic N) is 2. The number of ether oxygens (including phenoxy) is 1. The summed E-state index contributed by atoms with van der Waals surface area (Å²) in [5.74, 6) is -0.325. The summed E-state index contributed by atoms with van der Waals surface area (Å²) in [5.41, 5.74) is 1.10. The van der Waals surface area contributed by atoms with Gasteiger partial charge in [0.25, 0.3) is 0 Å². The van der Waals surface area contributed by atoms with Crippen LogP contribution >= 0.6 is 23.2 Å². The second-order valence-electron chi connectivity index (χ2n) is 4.32. The van der Waals surface area contributed by atoms with Gasteiger partial charge in [0.2, 0.25) is 0 Å². The fraction of sp³-hybridized carbons (Fsp3) is 0.385. The number of aromatic nitrogens is 2. The molecule has 0 aliphatic rings. The highest BCUT2D eigenvalue weighted by Crippen LogP contribution is 2.28. The minimum absolute atomic E-state index is 0.00361. The lowest BCUT2D eigenvalue weighted by atomic mass is 10.3. The zero-order valence-corrected chi connectivity index (χ0v) is 12.5. The zero-order chi connectivity index (χ0) is 14.9. The average Bonchev–Trinajstić information content (AvgIpc) is 2.74. The van der Waals surface area contributed by atoms with Crippen LogP contribution in [0.25, 0.3) is 11.0 Å². The summed E-state index contributed by atoms with van der Waals surface area (Å²) < 4.78 is 19.9. The van der Waals surface area contributed by atoms with Crippen molar-refractivity contribution in [2.45, 2.75) is 25.3 Å². The summed E-state index contributed by atoms with van der Waals surface area (Å²) >= 11 is 11.8. The number of esters is 1. The largest absolute Gasteiger partial charge is 0.469 e. The van der Waals surface area contributed by atoms with Crippen LogP contribution in [0, 0.1) is 5.82 Å². The normalized spacial score (nSPS) is 12.7. The van der Waals surface area contributed by atoms with Gasteiger partial charge in [-0.1, -0.05) is 11.6 Å². The van der Waals surface area contributed by atoms with E-state index in [0.717, 1.165) is 0 Å². The highest BCUT2D eigenvalue weighted by atomic mass is 35.5. The van der Waals surface area contributed by atoms with Gasteiger partial charge in [0.15, 0.2) is 0 Å². The van der Waals surface area contributed by atoms with Gasteiger partial charge in [-0.25, -0.2) is 9.37 Å². The van der Waals surface area contributed by atoms with Crippen LogP contribution in [0.5, 0.6) is 0 Å². The third-order valence-corrected chi connectivity index (χ3v) is 3.43. The Bertz CT molecular complexity index is 655. The molecule has 0 saturated heterocycles. The summed E-state index contributed by atoms with van der Waals surface area (Å²) in [5, 5.41) is -0.370. The van der Waals surface area contributed by atoms with Gasteiger partial charge >= 0.3 is 5.97 Å². The van der Waals surface area contributed by atoms with Crippen LogP contribution in [-0.2, 0) is 16.1 Å². The van der Waals surface area contributed by atoms with Gasteiger partial charge in [-0.3, -0.25) is 4.79 Å². The molecule has 0 fully saturated rings. The third kappa shape index (κ3) is 2.88. The Morgan fingerprint density at radius 3 is 2.85 bits per heavy atom. The number of imidazole rings is 1. The predicted molar refractivity (Wildman–Crippen MR) is 75.6 cm³/mol. The SMILES string of the molecule is COC(=O)CCn1c(C(C)Cl)nc2cc(Cl)c(F)cc21. The van der Waals surface area contributed by atoms with Crippen LogP contribution in [-0.4, -0.2) is 22.6 Å². The fourth-order valence-electron chi connectivity index (χ4n) is 1.98. The Morgan fingerprint density at radius 1 is 1.55 bits per heavy atom. The Kier molecular flexibility index (Phi) is 4.50. The van der Waals surface area contributed by atoms with Crippen molar-refractivity contribution in [3.8, 4) is 0 Å². The summed E-state index contributed by atoms with van der Waals surface area (Å²) in [6, 6.07) is 2.74. The van der Waals surface area contributed by atoms with Gasteiger partial charge in [0, 0.05) is 12.6 Å². The maximum atomic E-state index is 13.6. The van der Waals surface area contributed by atoms with Gasteiger partial charge in [-0.15, -0.1) is 11.6 Å². The van der Waals surface area contributed by atoms with Gasteiger partial charge in [0.05, 0.1) is 35.0 Å². The van der Waals surface area contributed by atoms with Crippen LogP contribution in [0.1, 0.15) is 24.5 Å². The quantitative estimate of drug-likeness (QED) is 0.638. The Morgan fingerprint density at radius 2 is 2.25 bits per heavy atom. The molecule has 1 unspecified atom stereocenters. The zero-order valence-electron chi connectivity index (χ0n) is 11.0.